The lowest BCUT2D eigenvalue weighted by molar-refractivity contribution is -0.135. The van der Waals surface area contributed by atoms with Gasteiger partial charge in [0.25, 0.3) is 0 Å². The summed E-state index contributed by atoms with van der Waals surface area (Å²) in [5.74, 6) is 0.269. The van der Waals surface area contributed by atoms with E-state index in [1.165, 1.54) is 11.9 Å². The van der Waals surface area contributed by atoms with Crippen LogP contribution in [0.1, 0.15) is 29.8 Å². The smallest absolute Gasteiger partial charge is 0.243 e. The Morgan fingerprint density at radius 2 is 2.00 bits per heavy atom. The molecule has 1 atom stereocenters. The van der Waals surface area contributed by atoms with Crippen LogP contribution in [0, 0.1) is 6.92 Å². The van der Waals surface area contributed by atoms with Crippen molar-refractivity contribution in [3.05, 3.63) is 65.5 Å². The van der Waals surface area contributed by atoms with E-state index in [-0.39, 0.29) is 5.91 Å². The van der Waals surface area contributed by atoms with E-state index in [0.717, 1.165) is 16.7 Å². The zero-order valence-corrected chi connectivity index (χ0v) is 11.9. The first-order valence-corrected chi connectivity index (χ1v) is 6.67. The highest BCUT2D eigenvalue weighted by atomic mass is 16.5. The van der Waals surface area contributed by atoms with Crippen LogP contribution < -0.4 is 0 Å². The summed E-state index contributed by atoms with van der Waals surface area (Å²) < 4.78 is 5.86. The van der Waals surface area contributed by atoms with Gasteiger partial charge < -0.3 is 4.74 Å². The minimum atomic E-state index is -0.562. The molecule has 5 heteroatoms. The first-order chi connectivity index (χ1) is 10.1. The molecule has 0 saturated carbocycles. The van der Waals surface area contributed by atoms with Gasteiger partial charge in [-0.15, -0.1) is 5.10 Å². The first-order valence-electron chi connectivity index (χ1n) is 6.67. The zero-order valence-electron chi connectivity index (χ0n) is 11.9. The Balaban J connectivity index is 1.93. The summed E-state index contributed by atoms with van der Waals surface area (Å²) in [7, 11) is 0. The molecule has 1 aromatic carbocycles. The third kappa shape index (κ3) is 2.63. The number of ether oxygens (including phenoxy) is 1. The number of pyridine rings is 1. The highest BCUT2D eigenvalue weighted by Crippen LogP contribution is 2.29. The molecule has 106 valence electrons. The maximum Gasteiger partial charge on any atom is 0.243 e. The minimum Gasteiger partial charge on any atom is -0.446 e. The molecule has 21 heavy (non-hydrogen) atoms. The van der Waals surface area contributed by atoms with Crippen LogP contribution in [-0.2, 0) is 9.53 Å². The molecule has 2 heterocycles. The van der Waals surface area contributed by atoms with E-state index in [1.54, 1.807) is 18.5 Å². The monoisotopic (exact) mass is 281 g/mol. The normalized spacial score (nSPS) is 17.3. The molecule has 0 bridgehead atoms. The Bertz CT molecular complexity index is 680. The predicted octanol–water partition coefficient (Wildman–Crippen LogP) is 2.63. The van der Waals surface area contributed by atoms with Crippen LogP contribution in [0.2, 0.25) is 0 Å². The molecular weight excluding hydrogens is 266 g/mol. The fraction of sp³-hybridized carbons (Fsp3) is 0.188. The van der Waals surface area contributed by atoms with Gasteiger partial charge in [0, 0.05) is 30.4 Å². The van der Waals surface area contributed by atoms with E-state index in [9.17, 15) is 4.79 Å². The summed E-state index contributed by atoms with van der Waals surface area (Å²) in [5.41, 5.74) is 2.79. The van der Waals surface area contributed by atoms with Gasteiger partial charge in [0.1, 0.15) is 0 Å². The topological polar surface area (TPSA) is 54.8 Å². The van der Waals surface area contributed by atoms with Crippen molar-refractivity contribution in [1.29, 1.82) is 0 Å². The highest BCUT2D eigenvalue weighted by molar-refractivity contribution is 5.96. The maximum absolute atomic E-state index is 11.8. The largest absolute Gasteiger partial charge is 0.446 e. The maximum atomic E-state index is 11.8. The Morgan fingerprint density at radius 1 is 1.24 bits per heavy atom. The number of nitrogens with zero attached hydrogens (tertiary/aromatic N) is 3. The fourth-order valence-corrected chi connectivity index (χ4v) is 2.12. The van der Waals surface area contributed by atoms with Gasteiger partial charge >= 0.3 is 0 Å². The van der Waals surface area contributed by atoms with Crippen LogP contribution >= 0.6 is 0 Å². The van der Waals surface area contributed by atoms with Gasteiger partial charge in [-0.3, -0.25) is 9.78 Å². The number of hydrazone groups is 1. The van der Waals surface area contributed by atoms with Gasteiger partial charge in [0.15, 0.2) is 0 Å². The average Bonchev–Trinajstić information content (AvgIpc) is 2.94. The first kappa shape index (κ1) is 13.3. The van der Waals surface area contributed by atoms with Gasteiger partial charge in [-0.2, -0.15) is 5.01 Å². The lowest BCUT2D eigenvalue weighted by Gasteiger charge is -2.18. The SMILES string of the molecule is CC(=O)N1N=C(c2ccc(C)cc2)OC1c1cccnc1. The predicted molar refractivity (Wildman–Crippen MR) is 78.3 cm³/mol. The quantitative estimate of drug-likeness (QED) is 0.850. The van der Waals surface area contributed by atoms with Gasteiger partial charge in [0.05, 0.1) is 0 Å². The summed E-state index contributed by atoms with van der Waals surface area (Å²) in [6.45, 7) is 3.48. The number of hydrogen-bond acceptors (Lipinski definition) is 4. The Labute approximate surface area is 122 Å². The van der Waals surface area contributed by atoms with Gasteiger partial charge in [-0.25, -0.2) is 0 Å². The molecule has 1 amide bonds. The van der Waals surface area contributed by atoms with Crippen molar-refractivity contribution in [1.82, 2.24) is 9.99 Å². The van der Waals surface area contributed by atoms with Gasteiger partial charge in [-0.1, -0.05) is 23.8 Å². The number of rotatable bonds is 2. The highest BCUT2D eigenvalue weighted by Gasteiger charge is 2.33. The van der Waals surface area contributed by atoms with Crippen molar-refractivity contribution >= 4 is 11.8 Å². The summed E-state index contributed by atoms with van der Waals surface area (Å²) >= 11 is 0. The molecule has 1 aromatic heterocycles. The molecule has 0 saturated heterocycles. The molecule has 0 spiro atoms. The third-order valence-corrected chi connectivity index (χ3v) is 3.23. The van der Waals surface area contributed by atoms with Gasteiger partial charge in [0.2, 0.25) is 18.0 Å². The second-order valence-electron chi connectivity index (χ2n) is 4.89. The van der Waals surface area contributed by atoms with Crippen LogP contribution in [0.5, 0.6) is 0 Å². The van der Waals surface area contributed by atoms with E-state index in [2.05, 4.69) is 10.1 Å². The molecule has 3 rings (SSSR count). The number of aromatic nitrogens is 1. The van der Waals surface area contributed by atoms with E-state index in [1.807, 2.05) is 37.3 Å². The second-order valence-corrected chi connectivity index (χ2v) is 4.89. The van der Waals surface area contributed by atoms with E-state index in [0.29, 0.717) is 5.90 Å². The summed E-state index contributed by atoms with van der Waals surface area (Å²) in [5, 5.41) is 5.64. The Morgan fingerprint density at radius 3 is 2.62 bits per heavy atom. The van der Waals surface area contributed by atoms with Crippen LogP contribution in [0.3, 0.4) is 0 Å². The number of hydrogen-bond donors (Lipinski definition) is 0. The van der Waals surface area contributed by atoms with Gasteiger partial charge in [-0.05, 0) is 25.1 Å². The van der Waals surface area contributed by atoms with E-state index in [4.69, 9.17) is 4.74 Å². The average molecular weight is 281 g/mol. The van der Waals surface area contributed by atoms with Crippen LogP contribution in [0.25, 0.3) is 0 Å². The summed E-state index contributed by atoms with van der Waals surface area (Å²) in [6, 6.07) is 11.5. The molecule has 5 nitrogen and oxygen atoms in total. The number of amides is 1. The van der Waals surface area contributed by atoms with Crippen molar-refractivity contribution in [2.24, 2.45) is 5.10 Å². The van der Waals surface area contributed by atoms with Crippen molar-refractivity contribution in [3.8, 4) is 0 Å². The van der Waals surface area contributed by atoms with E-state index >= 15 is 0 Å². The number of aryl methyl sites for hydroxylation is 1. The van der Waals surface area contributed by atoms with E-state index < -0.39 is 6.23 Å². The molecule has 0 aliphatic carbocycles. The zero-order chi connectivity index (χ0) is 14.8. The minimum absolute atomic E-state index is 0.175. The fourth-order valence-electron chi connectivity index (χ4n) is 2.12. The summed E-state index contributed by atoms with van der Waals surface area (Å²) in [6.07, 6.45) is 2.79. The van der Waals surface area contributed by atoms with Crippen molar-refractivity contribution in [2.45, 2.75) is 20.1 Å². The molecule has 0 fully saturated rings. The number of carbonyl (C=O) groups is 1. The Hall–Kier alpha value is -2.69. The molecule has 1 aliphatic heterocycles. The molecule has 2 aromatic rings. The van der Waals surface area contributed by atoms with Crippen LogP contribution in [-0.4, -0.2) is 21.8 Å². The van der Waals surface area contributed by atoms with Crippen molar-refractivity contribution < 1.29 is 9.53 Å². The Kier molecular flexibility index (Phi) is 3.39. The lowest BCUT2D eigenvalue weighted by Crippen LogP contribution is -2.25. The lowest BCUT2D eigenvalue weighted by atomic mass is 10.1. The van der Waals surface area contributed by atoms with Crippen LogP contribution in [0.15, 0.2) is 53.9 Å². The molecular formula is C16H15N3O2. The van der Waals surface area contributed by atoms with Crippen molar-refractivity contribution in [2.75, 3.05) is 0 Å². The third-order valence-electron chi connectivity index (χ3n) is 3.23. The number of benzene rings is 1. The number of carbonyl (C=O) groups excluding carboxylic acids is 1. The van der Waals surface area contributed by atoms with Crippen LogP contribution in [0.4, 0.5) is 0 Å². The summed E-state index contributed by atoms with van der Waals surface area (Å²) in [4.78, 5) is 15.8. The molecule has 0 radical (unpaired) electrons. The molecule has 0 N–H and O–H groups in total. The van der Waals surface area contributed by atoms with Crippen molar-refractivity contribution in [3.63, 3.8) is 0 Å². The molecule has 1 aliphatic rings. The standard InChI is InChI=1S/C16H15N3O2/c1-11-5-7-13(8-6-11)15-18-19(12(2)20)16(21-15)14-4-3-9-17-10-14/h3-10,16H,1-2H3. The molecule has 1 unspecified atom stereocenters. The second kappa shape index (κ2) is 5.36.